The Morgan fingerprint density at radius 1 is 1.29 bits per heavy atom. The maximum atomic E-state index is 9.43. The van der Waals surface area contributed by atoms with Crippen LogP contribution in [0.3, 0.4) is 0 Å². The summed E-state index contributed by atoms with van der Waals surface area (Å²) in [6.45, 7) is 4.05. The zero-order valence-electron chi connectivity index (χ0n) is 10.7. The van der Waals surface area contributed by atoms with Crippen LogP contribution in [0.25, 0.3) is 0 Å². The first-order valence-electron chi connectivity index (χ1n) is 6.36. The van der Waals surface area contributed by atoms with Gasteiger partial charge in [0.1, 0.15) is 6.04 Å². The molecule has 1 aliphatic heterocycles. The molecular formula is C13H20N4. The number of aryl methyl sites for hydroxylation is 2. The van der Waals surface area contributed by atoms with Gasteiger partial charge in [0.05, 0.1) is 11.8 Å². The number of hydrogen-bond donors (Lipinski definition) is 0. The molecule has 2 rings (SSSR count). The van der Waals surface area contributed by atoms with Crippen LogP contribution >= 0.6 is 0 Å². The number of hydrogen-bond acceptors (Lipinski definition) is 3. The zero-order valence-corrected chi connectivity index (χ0v) is 10.7. The molecule has 4 heteroatoms. The Labute approximate surface area is 103 Å². The summed E-state index contributed by atoms with van der Waals surface area (Å²) in [7, 11) is 1.91. The van der Waals surface area contributed by atoms with E-state index in [9.17, 15) is 5.26 Å². The first-order valence-corrected chi connectivity index (χ1v) is 6.36. The van der Waals surface area contributed by atoms with Gasteiger partial charge in [-0.25, -0.2) is 0 Å². The van der Waals surface area contributed by atoms with Crippen LogP contribution in [-0.2, 0) is 7.05 Å². The van der Waals surface area contributed by atoms with Crippen molar-refractivity contribution >= 4 is 0 Å². The molecule has 2 heterocycles. The smallest absolute Gasteiger partial charge is 0.127 e. The summed E-state index contributed by atoms with van der Waals surface area (Å²) in [6.07, 6.45) is 6.98. The molecule has 92 valence electrons. The third-order valence-corrected chi connectivity index (χ3v) is 3.47. The Morgan fingerprint density at radius 2 is 1.94 bits per heavy atom. The molecule has 0 saturated carbocycles. The molecule has 4 nitrogen and oxygen atoms in total. The van der Waals surface area contributed by atoms with E-state index in [1.54, 1.807) is 4.68 Å². The second kappa shape index (κ2) is 5.33. The van der Waals surface area contributed by atoms with Crippen LogP contribution in [0.5, 0.6) is 0 Å². The normalized spacial score (nSPS) is 19.6. The number of rotatable bonds is 2. The Bertz CT molecular complexity index is 408. The van der Waals surface area contributed by atoms with Crippen LogP contribution in [0.1, 0.15) is 43.0 Å². The Balaban J connectivity index is 2.20. The van der Waals surface area contributed by atoms with Gasteiger partial charge in [-0.2, -0.15) is 10.4 Å². The van der Waals surface area contributed by atoms with Crippen molar-refractivity contribution in [1.29, 1.82) is 5.26 Å². The molecule has 1 aromatic heterocycles. The summed E-state index contributed by atoms with van der Waals surface area (Å²) in [6, 6.07) is 2.32. The average molecular weight is 232 g/mol. The second-order valence-corrected chi connectivity index (χ2v) is 4.83. The van der Waals surface area contributed by atoms with E-state index in [0.717, 1.165) is 24.3 Å². The maximum absolute atomic E-state index is 9.43. The van der Waals surface area contributed by atoms with Crippen molar-refractivity contribution in [3.8, 4) is 6.07 Å². The largest absolute Gasteiger partial charge is 0.284 e. The molecule has 0 amide bonds. The highest BCUT2D eigenvalue weighted by molar-refractivity contribution is 5.25. The van der Waals surface area contributed by atoms with E-state index in [2.05, 4.69) is 16.1 Å². The van der Waals surface area contributed by atoms with Crippen molar-refractivity contribution in [2.45, 2.75) is 38.6 Å². The number of nitriles is 1. The second-order valence-electron chi connectivity index (χ2n) is 4.83. The monoisotopic (exact) mass is 232 g/mol. The minimum Gasteiger partial charge on any atom is -0.284 e. The summed E-state index contributed by atoms with van der Waals surface area (Å²) >= 11 is 0. The molecular weight excluding hydrogens is 212 g/mol. The average Bonchev–Trinajstić information content (AvgIpc) is 2.55. The van der Waals surface area contributed by atoms with Crippen LogP contribution in [0.2, 0.25) is 0 Å². The van der Waals surface area contributed by atoms with Gasteiger partial charge in [0.25, 0.3) is 0 Å². The molecule has 0 aliphatic carbocycles. The highest BCUT2D eigenvalue weighted by Gasteiger charge is 2.24. The third-order valence-electron chi connectivity index (χ3n) is 3.47. The fourth-order valence-electron chi connectivity index (χ4n) is 2.59. The molecule has 1 aromatic rings. The van der Waals surface area contributed by atoms with Crippen molar-refractivity contribution in [1.82, 2.24) is 14.7 Å². The summed E-state index contributed by atoms with van der Waals surface area (Å²) in [4.78, 5) is 2.30. The molecule has 0 bridgehead atoms. The lowest BCUT2D eigenvalue weighted by Crippen LogP contribution is -2.29. The van der Waals surface area contributed by atoms with Gasteiger partial charge in [-0.1, -0.05) is 12.8 Å². The molecule has 1 atom stereocenters. The van der Waals surface area contributed by atoms with Gasteiger partial charge in [0, 0.05) is 18.8 Å². The van der Waals surface area contributed by atoms with Crippen LogP contribution in [-0.4, -0.2) is 27.8 Å². The summed E-state index contributed by atoms with van der Waals surface area (Å²) in [5, 5.41) is 13.8. The van der Waals surface area contributed by atoms with Crippen molar-refractivity contribution in [2.24, 2.45) is 7.05 Å². The van der Waals surface area contributed by atoms with Crippen molar-refractivity contribution in [3.05, 3.63) is 17.5 Å². The molecule has 0 aromatic carbocycles. The van der Waals surface area contributed by atoms with Gasteiger partial charge in [-0.15, -0.1) is 0 Å². The molecule has 1 unspecified atom stereocenters. The zero-order chi connectivity index (χ0) is 12.3. The SMILES string of the molecule is Cc1nn(C)cc1C(C#N)N1CCCCCC1. The highest BCUT2D eigenvalue weighted by atomic mass is 15.3. The van der Waals surface area contributed by atoms with E-state index >= 15 is 0 Å². The Morgan fingerprint density at radius 3 is 2.41 bits per heavy atom. The Hall–Kier alpha value is -1.34. The lowest BCUT2D eigenvalue weighted by molar-refractivity contribution is 0.245. The lowest BCUT2D eigenvalue weighted by Gasteiger charge is -2.24. The maximum Gasteiger partial charge on any atom is 0.127 e. The molecule has 1 saturated heterocycles. The van der Waals surface area contributed by atoms with Crippen molar-refractivity contribution < 1.29 is 0 Å². The van der Waals surface area contributed by atoms with Crippen LogP contribution in [0.4, 0.5) is 0 Å². The molecule has 17 heavy (non-hydrogen) atoms. The van der Waals surface area contributed by atoms with Crippen LogP contribution < -0.4 is 0 Å². The van der Waals surface area contributed by atoms with E-state index in [1.807, 2.05) is 20.2 Å². The van der Waals surface area contributed by atoms with Gasteiger partial charge >= 0.3 is 0 Å². The van der Waals surface area contributed by atoms with Gasteiger partial charge in [-0.05, 0) is 32.9 Å². The number of aromatic nitrogens is 2. The third kappa shape index (κ3) is 2.67. The lowest BCUT2D eigenvalue weighted by atomic mass is 10.1. The standard InChI is InChI=1S/C13H20N4/c1-11-12(10-16(2)15-11)13(9-14)17-7-5-3-4-6-8-17/h10,13H,3-8H2,1-2H3. The summed E-state index contributed by atoms with van der Waals surface area (Å²) < 4.78 is 1.80. The minimum atomic E-state index is -0.123. The molecule has 1 aliphatic rings. The fourth-order valence-corrected chi connectivity index (χ4v) is 2.59. The van der Waals surface area contributed by atoms with Gasteiger partial charge in [-0.3, -0.25) is 9.58 Å². The Kier molecular flexibility index (Phi) is 3.80. The van der Waals surface area contributed by atoms with E-state index in [-0.39, 0.29) is 6.04 Å². The predicted octanol–water partition coefficient (Wildman–Crippen LogP) is 2.17. The van der Waals surface area contributed by atoms with Crippen molar-refractivity contribution in [3.63, 3.8) is 0 Å². The number of nitrogens with zero attached hydrogens (tertiary/aromatic N) is 4. The van der Waals surface area contributed by atoms with Crippen LogP contribution in [0, 0.1) is 18.3 Å². The quantitative estimate of drug-likeness (QED) is 0.785. The van der Waals surface area contributed by atoms with E-state index < -0.39 is 0 Å². The van der Waals surface area contributed by atoms with E-state index in [0.29, 0.717) is 0 Å². The van der Waals surface area contributed by atoms with Crippen molar-refractivity contribution in [2.75, 3.05) is 13.1 Å². The molecule has 1 fully saturated rings. The molecule has 0 N–H and O–H groups in total. The summed E-state index contributed by atoms with van der Waals surface area (Å²) in [5.74, 6) is 0. The first kappa shape index (κ1) is 12.1. The van der Waals surface area contributed by atoms with Crippen LogP contribution in [0.15, 0.2) is 6.20 Å². The highest BCUT2D eigenvalue weighted by Crippen LogP contribution is 2.25. The van der Waals surface area contributed by atoms with Gasteiger partial charge in [0.15, 0.2) is 0 Å². The molecule has 0 spiro atoms. The van der Waals surface area contributed by atoms with E-state index in [4.69, 9.17) is 0 Å². The topological polar surface area (TPSA) is 44.9 Å². The number of likely N-dealkylation sites (tertiary alicyclic amines) is 1. The first-order chi connectivity index (χ1) is 8.22. The van der Waals surface area contributed by atoms with E-state index in [1.165, 1.54) is 25.7 Å². The fraction of sp³-hybridized carbons (Fsp3) is 0.692. The van der Waals surface area contributed by atoms with Gasteiger partial charge < -0.3 is 0 Å². The minimum absolute atomic E-state index is 0.123. The summed E-state index contributed by atoms with van der Waals surface area (Å²) in [5.41, 5.74) is 2.04. The van der Waals surface area contributed by atoms with Gasteiger partial charge in [0.2, 0.25) is 0 Å². The predicted molar refractivity (Wildman–Crippen MR) is 66.3 cm³/mol. The molecule has 0 radical (unpaired) electrons.